The quantitative estimate of drug-likeness (QED) is 0.651. The smallest absolute Gasteiger partial charge is 0.289 e. The van der Waals surface area contributed by atoms with E-state index in [0.717, 1.165) is 45.3 Å². The number of likely N-dealkylation sites (N-methyl/N-ethyl adjacent to an activating group) is 1. The van der Waals surface area contributed by atoms with E-state index in [0.29, 0.717) is 6.54 Å². The highest BCUT2D eigenvalue weighted by molar-refractivity contribution is 8.26. The molecule has 0 radical (unpaired) electrons. The van der Waals surface area contributed by atoms with Crippen LogP contribution in [0.5, 0.6) is 11.5 Å². The average Bonchev–Trinajstić information content (AvgIpc) is 3.22. The van der Waals surface area contributed by atoms with Crippen LogP contribution in [0.15, 0.2) is 48.7 Å². The van der Waals surface area contributed by atoms with Crippen LogP contribution in [0.2, 0.25) is 0 Å². The van der Waals surface area contributed by atoms with E-state index in [-0.39, 0.29) is 10.4 Å². The molecule has 0 bridgehead atoms. The van der Waals surface area contributed by atoms with Crippen LogP contribution in [0, 0.1) is 0 Å². The Hall–Kier alpha value is -2.93. The Morgan fingerprint density at radius 3 is 2.57 bits per heavy atom. The zero-order valence-electron chi connectivity index (χ0n) is 15.8. The maximum Gasteiger partial charge on any atom is 0.289 e. The zero-order chi connectivity index (χ0) is 19.8. The second-order valence-electron chi connectivity index (χ2n) is 6.60. The number of rotatable bonds is 5. The second kappa shape index (κ2) is 7.24. The van der Waals surface area contributed by atoms with Crippen LogP contribution >= 0.6 is 11.8 Å². The molecule has 4 rings (SSSR count). The van der Waals surface area contributed by atoms with Crippen molar-refractivity contribution in [3.05, 3.63) is 59.8 Å². The first-order chi connectivity index (χ1) is 13.5. The summed E-state index contributed by atoms with van der Waals surface area (Å²) in [6.07, 6.45) is 1.99. The largest absolute Gasteiger partial charge is 0.497 e. The number of methoxy groups -OCH3 is 2. The Balaban J connectivity index is 1.74. The predicted molar refractivity (Wildman–Crippen MR) is 109 cm³/mol. The normalized spacial score (nSPS) is 16.8. The fraction of sp³-hybridized carbons (Fsp3) is 0.238. The number of ether oxygens (including phenoxy) is 2. The first-order valence-electron chi connectivity index (χ1n) is 8.80. The SMILES string of the molecule is COc1ccc(Cn2ccc3c(C4C(=O)SC(=O)N4C)cccc32)c(OC)c1. The lowest BCUT2D eigenvalue weighted by Crippen LogP contribution is -2.23. The molecule has 144 valence electrons. The topological polar surface area (TPSA) is 60.8 Å². The van der Waals surface area contributed by atoms with Gasteiger partial charge in [0.15, 0.2) is 0 Å². The van der Waals surface area contributed by atoms with Crippen LogP contribution in [-0.2, 0) is 11.3 Å². The summed E-state index contributed by atoms with van der Waals surface area (Å²) >= 11 is 0.771. The molecule has 1 fully saturated rings. The second-order valence-corrected chi connectivity index (χ2v) is 7.56. The summed E-state index contributed by atoms with van der Waals surface area (Å²) in [6.45, 7) is 0.613. The molecule has 2 heterocycles. The molecule has 3 aromatic rings. The molecule has 1 aliphatic heterocycles. The summed E-state index contributed by atoms with van der Waals surface area (Å²) in [7, 11) is 4.93. The fourth-order valence-corrected chi connectivity index (χ4v) is 4.42. The van der Waals surface area contributed by atoms with Gasteiger partial charge in [0.2, 0.25) is 5.12 Å². The van der Waals surface area contributed by atoms with Gasteiger partial charge in [-0.05, 0) is 29.8 Å². The minimum Gasteiger partial charge on any atom is -0.497 e. The van der Waals surface area contributed by atoms with Gasteiger partial charge in [-0.1, -0.05) is 12.1 Å². The number of hydrogen-bond acceptors (Lipinski definition) is 5. The van der Waals surface area contributed by atoms with Gasteiger partial charge < -0.3 is 18.9 Å². The Labute approximate surface area is 167 Å². The highest BCUT2D eigenvalue weighted by atomic mass is 32.2. The van der Waals surface area contributed by atoms with Crippen LogP contribution < -0.4 is 9.47 Å². The molecule has 0 aliphatic carbocycles. The van der Waals surface area contributed by atoms with Crippen molar-refractivity contribution in [2.75, 3.05) is 21.3 Å². The molecule has 1 amide bonds. The van der Waals surface area contributed by atoms with Gasteiger partial charge in [-0.25, -0.2) is 0 Å². The van der Waals surface area contributed by atoms with Gasteiger partial charge in [0.1, 0.15) is 17.5 Å². The van der Waals surface area contributed by atoms with E-state index >= 15 is 0 Å². The number of thioether (sulfide) groups is 1. The molecule has 1 atom stereocenters. The van der Waals surface area contributed by atoms with E-state index in [1.807, 2.05) is 48.7 Å². The number of fused-ring (bicyclic) bond motifs is 1. The van der Waals surface area contributed by atoms with Gasteiger partial charge in [-0.2, -0.15) is 0 Å². The molecule has 0 spiro atoms. The molecule has 0 N–H and O–H groups in total. The van der Waals surface area contributed by atoms with Crippen LogP contribution in [-0.4, -0.2) is 41.1 Å². The van der Waals surface area contributed by atoms with Crippen LogP contribution in [0.25, 0.3) is 10.9 Å². The molecule has 2 aromatic carbocycles. The van der Waals surface area contributed by atoms with E-state index in [1.54, 1.807) is 21.3 Å². The maximum atomic E-state index is 12.3. The number of amides is 1. The Morgan fingerprint density at radius 1 is 1.07 bits per heavy atom. The number of carbonyl (C=O) groups is 2. The van der Waals surface area contributed by atoms with Crippen molar-refractivity contribution in [1.82, 2.24) is 9.47 Å². The van der Waals surface area contributed by atoms with Crippen molar-refractivity contribution < 1.29 is 19.1 Å². The van der Waals surface area contributed by atoms with Gasteiger partial charge >= 0.3 is 0 Å². The molecule has 1 aliphatic rings. The Kier molecular flexibility index (Phi) is 4.77. The summed E-state index contributed by atoms with van der Waals surface area (Å²) < 4.78 is 12.9. The molecular weight excluding hydrogens is 376 g/mol. The molecule has 1 saturated heterocycles. The van der Waals surface area contributed by atoms with Crippen molar-refractivity contribution in [1.29, 1.82) is 0 Å². The standard InChI is InChI=1S/C21H20N2O4S/c1-22-19(20(24)28-21(22)25)16-5-4-6-17-15(16)9-10-23(17)12-13-7-8-14(26-2)11-18(13)27-3/h4-11,19H,12H2,1-3H3. The molecule has 0 saturated carbocycles. The van der Waals surface area contributed by atoms with Gasteiger partial charge in [0.05, 0.1) is 20.8 Å². The van der Waals surface area contributed by atoms with Crippen LogP contribution in [0.3, 0.4) is 0 Å². The number of benzene rings is 2. The highest BCUT2D eigenvalue weighted by Crippen LogP contribution is 2.38. The van der Waals surface area contributed by atoms with Gasteiger partial charge in [-0.15, -0.1) is 0 Å². The van der Waals surface area contributed by atoms with Crippen molar-refractivity contribution >= 4 is 33.0 Å². The lowest BCUT2D eigenvalue weighted by atomic mass is 10.0. The summed E-state index contributed by atoms with van der Waals surface area (Å²) in [6, 6.07) is 13.1. The molecule has 1 unspecified atom stereocenters. The minimum absolute atomic E-state index is 0.135. The van der Waals surface area contributed by atoms with E-state index in [2.05, 4.69) is 4.57 Å². The van der Waals surface area contributed by atoms with Crippen molar-refractivity contribution in [2.24, 2.45) is 0 Å². The third kappa shape index (κ3) is 3.01. The van der Waals surface area contributed by atoms with E-state index in [4.69, 9.17) is 9.47 Å². The third-order valence-corrected chi connectivity index (χ3v) is 5.95. The van der Waals surface area contributed by atoms with Gasteiger partial charge in [0.25, 0.3) is 5.24 Å². The van der Waals surface area contributed by atoms with Gasteiger partial charge in [0, 0.05) is 47.5 Å². The van der Waals surface area contributed by atoms with Crippen molar-refractivity contribution in [3.8, 4) is 11.5 Å². The molecule has 1 aromatic heterocycles. The summed E-state index contributed by atoms with van der Waals surface area (Å²) in [4.78, 5) is 25.8. The van der Waals surface area contributed by atoms with Crippen LogP contribution in [0.1, 0.15) is 17.2 Å². The van der Waals surface area contributed by atoms with Crippen molar-refractivity contribution in [2.45, 2.75) is 12.6 Å². The number of nitrogens with zero attached hydrogens (tertiary/aromatic N) is 2. The Morgan fingerprint density at radius 2 is 1.89 bits per heavy atom. The lowest BCUT2D eigenvalue weighted by molar-refractivity contribution is -0.113. The first-order valence-corrected chi connectivity index (χ1v) is 9.62. The molecule has 6 nitrogen and oxygen atoms in total. The summed E-state index contributed by atoms with van der Waals surface area (Å²) in [5.41, 5.74) is 2.87. The Bertz CT molecular complexity index is 1080. The van der Waals surface area contributed by atoms with Crippen LogP contribution in [0.4, 0.5) is 4.79 Å². The number of carbonyl (C=O) groups excluding carboxylic acids is 2. The lowest BCUT2D eigenvalue weighted by Gasteiger charge is -2.18. The molecule has 28 heavy (non-hydrogen) atoms. The number of hydrogen-bond donors (Lipinski definition) is 0. The van der Waals surface area contributed by atoms with E-state index < -0.39 is 6.04 Å². The summed E-state index contributed by atoms with van der Waals surface area (Å²) in [5, 5.41) is 0.620. The predicted octanol–water partition coefficient (Wildman–Crippen LogP) is 4.07. The highest BCUT2D eigenvalue weighted by Gasteiger charge is 2.39. The fourth-order valence-electron chi connectivity index (χ4n) is 3.60. The average molecular weight is 396 g/mol. The molecular formula is C21H20N2O4S. The van der Waals surface area contributed by atoms with Gasteiger partial charge in [-0.3, -0.25) is 9.59 Å². The van der Waals surface area contributed by atoms with E-state index in [1.165, 1.54) is 4.90 Å². The summed E-state index contributed by atoms with van der Waals surface area (Å²) in [5.74, 6) is 1.50. The number of aromatic nitrogens is 1. The first kappa shape index (κ1) is 18.4. The zero-order valence-corrected chi connectivity index (χ0v) is 16.7. The van der Waals surface area contributed by atoms with Crippen molar-refractivity contribution in [3.63, 3.8) is 0 Å². The monoisotopic (exact) mass is 396 g/mol. The maximum absolute atomic E-state index is 12.3. The third-order valence-electron chi connectivity index (χ3n) is 5.06. The molecule has 7 heteroatoms. The van der Waals surface area contributed by atoms with E-state index in [9.17, 15) is 9.59 Å². The minimum atomic E-state index is -0.549.